The first-order valence-electron chi connectivity index (χ1n) is 7.25. The van der Waals surface area contributed by atoms with Crippen molar-refractivity contribution in [2.24, 2.45) is 0 Å². The number of rotatable bonds is 2. The molecule has 0 saturated carbocycles. The zero-order valence-electron chi connectivity index (χ0n) is 11.9. The molecule has 2 unspecified atom stereocenters. The summed E-state index contributed by atoms with van der Waals surface area (Å²) in [5.74, 6) is 0.483. The first kappa shape index (κ1) is 14.9. The van der Waals surface area contributed by atoms with Crippen molar-refractivity contribution in [3.63, 3.8) is 0 Å². The van der Waals surface area contributed by atoms with Crippen LogP contribution in [0.1, 0.15) is 42.4 Å². The third kappa shape index (κ3) is 2.83. The molecule has 0 saturated heterocycles. The molecule has 0 bridgehead atoms. The van der Waals surface area contributed by atoms with Crippen molar-refractivity contribution in [2.45, 2.75) is 37.7 Å². The molecule has 1 N–H and O–H groups in total. The number of fused-ring (bicyclic) bond motifs is 1. The lowest BCUT2D eigenvalue weighted by Crippen LogP contribution is -2.34. The SMILES string of the molecule is CC1CCC(O)(Cc2cc(Cl)ccc2Cl)c2ccccc21. The number of benzene rings is 2. The third-order valence-corrected chi connectivity index (χ3v) is 5.08. The Balaban J connectivity index is 2.02. The van der Waals surface area contributed by atoms with Crippen molar-refractivity contribution in [1.29, 1.82) is 0 Å². The van der Waals surface area contributed by atoms with Gasteiger partial charge in [-0.2, -0.15) is 0 Å². The van der Waals surface area contributed by atoms with Crippen LogP contribution < -0.4 is 0 Å². The number of halogens is 2. The lowest BCUT2D eigenvalue weighted by Gasteiger charge is -2.37. The summed E-state index contributed by atoms with van der Waals surface area (Å²) >= 11 is 12.3. The predicted octanol–water partition coefficient (Wildman–Crippen LogP) is 5.32. The molecule has 0 aliphatic heterocycles. The van der Waals surface area contributed by atoms with Gasteiger partial charge in [0.05, 0.1) is 5.60 Å². The van der Waals surface area contributed by atoms with Crippen LogP contribution in [0, 0.1) is 0 Å². The van der Waals surface area contributed by atoms with Gasteiger partial charge in [0.15, 0.2) is 0 Å². The maximum atomic E-state index is 11.2. The van der Waals surface area contributed by atoms with Crippen LogP contribution in [0.5, 0.6) is 0 Å². The fourth-order valence-corrected chi connectivity index (χ4v) is 3.65. The van der Waals surface area contributed by atoms with Gasteiger partial charge in [0.1, 0.15) is 0 Å². The molecule has 2 atom stereocenters. The zero-order valence-corrected chi connectivity index (χ0v) is 13.5. The molecule has 2 aromatic carbocycles. The van der Waals surface area contributed by atoms with Gasteiger partial charge in [-0.15, -0.1) is 0 Å². The molecular weight excluding hydrogens is 303 g/mol. The minimum atomic E-state index is -0.864. The van der Waals surface area contributed by atoms with E-state index in [0.29, 0.717) is 22.4 Å². The summed E-state index contributed by atoms with van der Waals surface area (Å²) in [4.78, 5) is 0. The van der Waals surface area contributed by atoms with Crippen LogP contribution in [0.25, 0.3) is 0 Å². The third-order valence-electron chi connectivity index (χ3n) is 4.47. The van der Waals surface area contributed by atoms with Gasteiger partial charge in [-0.25, -0.2) is 0 Å². The smallest absolute Gasteiger partial charge is 0.0940 e. The van der Waals surface area contributed by atoms with Crippen molar-refractivity contribution in [2.75, 3.05) is 0 Å². The first-order valence-corrected chi connectivity index (χ1v) is 8.01. The van der Waals surface area contributed by atoms with Gasteiger partial charge in [-0.1, -0.05) is 54.4 Å². The second-order valence-electron chi connectivity index (χ2n) is 5.97. The molecule has 0 heterocycles. The zero-order chi connectivity index (χ0) is 15.0. The Hall–Kier alpha value is -1.02. The van der Waals surface area contributed by atoms with Crippen molar-refractivity contribution < 1.29 is 5.11 Å². The van der Waals surface area contributed by atoms with Crippen LogP contribution in [0.3, 0.4) is 0 Å². The largest absolute Gasteiger partial charge is 0.385 e. The Morgan fingerprint density at radius 3 is 2.76 bits per heavy atom. The molecule has 110 valence electrons. The van der Waals surface area contributed by atoms with E-state index in [9.17, 15) is 5.11 Å². The van der Waals surface area contributed by atoms with Gasteiger partial charge < -0.3 is 5.11 Å². The average Bonchev–Trinajstić information content (AvgIpc) is 2.48. The molecular formula is C18H18Cl2O. The minimum absolute atomic E-state index is 0.483. The van der Waals surface area contributed by atoms with Crippen molar-refractivity contribution in [3.05, 3.63) is 69.2 Å². The lowest BCUT2D eigenvalue weighted by atomic mass is 9.72. The fraction of sp³-hybridized carbons (Fsp3) is 0.333. The highest BCUT2D eigenvalue weighted by Crippen LogP contribution is 2.43. The van der Waals surface area contributed by atoms with Crippen LogP contribution in [0.2, 0.25) is 10.0 Å². The molecule has 0 radical (unpaired) electrons. The molecule has 2 aromatic rings. The Labute approximate surface area is 135 Å². The van der Waals surface area contributed by atoms with E-state index in [4.69, 9.17) is 23.2 Å². The fourth-order valence-electron chi connectivity index (χ4n) is 3.27. The second kappa shape index (κ2) is 5.64. The minimum Gasteiger partial charge on any atom is -0.385 e. The molecule has 3 heteroatoms. The van der Waals surface area contributed by atoms with Gasteiger partial charge in [0.2, 0.25) is 0 Å². The maximum absolute atomic E-state index is 11.2. The highest BCUT2D eigenvalue weighted by Gasteiger charge is 2.37. The van der Waals surface area contributed by atoms with Crippen LogP contribution in [0.15, 0.2) is 42.5 Å². The number of aliphatic hydroxyl groups is 1. The van der Waals surface area contributed by atoms with E-state index < -0.39 is 5.60 Å². The summed E-state index contributed by atoms with van der Waals surface area (Å²) in [7, 11) is 0. The van der Waals surface area contributed by atoms with E-state index in [-0.39, 0.29) is 0 Å². The number of hydrogen-bond acceptors (Lipinski definition) is 1. The summed E-state index contributed by atoms with van der Waals surface area (Å²) in [6.07, 6.45) is 2.22. The lowest BCUT2D eigenvalue weighted by molar-refractivity contribution is 0.0159. The van der Waals surface area contributed by atoms with E-state index in [0.717, 1.165) is 24.0 Å². The molecule has 1 nitrogen and oxygen atoms in total. The van der Waals surface area contributed by atoms with Crippen LogP contribution in [-0.2, 0) is 12.0 Å². The van der Waals surface area contributed by atoms with Crippen LogP contribution >= 0.6 is 23.2 Å². The Morgan fingerprint density at radius 2 is 1.95 bits per heavy atom. The number of hydrogen-bond donors (Lipinski definition) is 1. The van der Waals surface area contributed by atoms with Gasteiger partial charge >= 0.3 is 0 Å². The van der Waals surface area contributed by atoms with Crippen molar-refractivity contribution >= 4 is 23.2 Å². The molecule has 0 aromatic heterocycles. The Kier molecular flexibility index (Phi) is 4.00. The summed E-state index contributed by atoms with van der Waals surface area (Å²) in [6.45, 7) is 2.21. The average molecular weight is 321 g/mol. The molecule has 0 fully saturated rings. The molecule has 0 amide bonds. The van der Waals surface area contributed by atoms with Crippen molar-refractivity contribution in [3.8, 4) is 0 Å². The standard InChI is InChI=1S/C18H18Cl2O/c1-12-8-9-18(21,16-5-3-2-4-15(12)16)11-13-10-14(19)6-7-17(13)20/h2-7,10,12,21H,8-9,11H2,1H3. The highest BCUT2D eigenvalue weighted by molar-refractivity contribution is 6.33. The Morgan fingerprint density at radius 1 is 1.19 bits per heavy atom. The van der Waals surface area contributed by atoms with Crippen LogP contribution in [0.4, 0.5) is 0 Å². The van der Waals surface area contributed by atoms with E-state index in [1.165, 1.54) is 5.56 Å². The van der Waals surface area contributed by atoms with E-state index in [2.05, 4.69) is 13.0 Å². The topological polar surface area (TPSA) is 20.2 Å². The predicted molar refractivity (Wildman–Crippen MR) is 88.2 cm³/mol. The van der Waals surface area contributed by atoms with Gasteiger partial charge in [-0.05, 0) is 53.6 Å². The maximum Gasteiger partial charge on any atom is 0.0940 e. The Bertz CT molecular complexity index is 668. The van der Waals surface area contributed by atoms with Gasteiger partial charge in [0.25, 0.3) is 0 Å². The second-order valence-corrected chi connectivity index (χ2v) is 6.81. The molecule has 3 rings (SSSR count). The molecule has 1 aliphatic carbocycles. The summed E-state index contributed by atoms with van der Waals surface area (Å²) in [5.41, 5.74) is 2.30. The molecule has 0 spiro atoms. The van der Waals surface area contributed by atoms with E-state index in [1.54, 1.807) is 12.1 Å². The van der Waals surface area contributed by atoms with Gasteiger partial charge in [-0.3, -0.25) is 0 Å². The summed E-state index contributed by atoms with van der Waals surface area (Å²) < 4.78 is 0. The normalized spacial score (nSPS) is 24.7. The molecule has 1 aliphatic rings. The van der Waals surface area contributed by atoms with Crippen LogP contribution in [-0.4, -0.2) is 5.11 Å². The monoisotopic (exact) mass is 320 g/mol. The summed E-state index contributed by atoms with van der Waals surface area (Å²) in [5, 5.41) is 12.5. The van der Waals surface area contributed by atoms with E-state index in [1.807, 2.05) is 24.3 Å². The van der Waals surface area contributed by atoms with E-state index >= 15 is 0 Å². The quantitative estimate of drug-likeness (QED) is 0.793. The molecule has 21 heavy (non-hydrogen) atoms. The van der Waals surface area contributed by atoms with Crippen molar-refractivity contribution in [1.82, 2.24) is 0 Å². The highest BCUT2D eigenvalue weighted by atomic mass is 35.5. The summed E-state index contributed by atoms with van der Waals surface area (Å²) in [6, 6.07) is 13.6. The first-order chi connectivity index (χ1) is 9.99. The van der Waals surface area contributed by atoms with Gasteiger partial charge in [0, 0.05) is 16.5 Å².